The van der Waals surface area contributed by atoms with E-state index in [0.717, 1.165) is 97.3 Å². The summed E-state index contributed by atoms with van der Waals surface area (Å²) >= 11 is 0. The first-order chi connectivity index (χ1) is 16.8. The molecule has 1 N–H and O–H groups in total. The van der Waals surface area contributed by atoms with Crippen molar-refractivity contribution < 1.29 is 4.74 Å². The fourth-order valence-electron chi connectivity index (χ4n) is 5.19. The third-order valence-electron chi connectivity index (χ3n) is 6.98. The number of rotatable bonds is 4. The number of nitrogens with one attached hydrogen (secondary N) is 1. The SMILES string of the molecule is Cc1cccc(-c2n[nH]cc2-c2ccc3nccc(N4CCC(N5CCOCC5)CC4)c3n2)n1. The van der Waals surface area contributed by atoms with Crippen LogP contribution in [0.3, 0.4) is 0 Å². The molecule has 6 rings (SSSR count). The van der Waals surface area contributed by atoms with E-state index < -0.39 is 0 Å². The lowest BCUT2D eigenvalue weighted by atomic mass is 10.0. The molecule has 0 unspecified atom stereocenters. The maximum absolute atomic E-state index is 5.54. The van der Waals surface area contributed by atoms with Gasteiger partial charge in [-0.2, -0.15) is 5.10 Å². The maximum atomic E-state index is 5.54. The number of anilines is 1. The number of aryl methyl sites for hydroxylation is 1. The molecule has 174 valence electrons. The van der Waals surface area contributed by atoms with E-state index in [9.17, 15) is 0 Å². The van der Waals surface area contributed by atoms with Crippen LogP contribution in [-0.2, 0) is 4.74 Å². The van der Waals surface area contributed by atoms with Gasteiger partial charge < -0.3 is 9.64 Å². The monoisotopic (exact) mass is 455 g/mol. The summed E-state index contributed by atoms with van der Waals surface area (Å²) in [6, 6.07) is 12.8. The van der Waals surface area contributed by atoms with E-state index in [1.165, 1.54) is 0 Å². The number of morpholine rings is 1. The highest BCUT2D eigenvalue weighted by molar-refractivity contribution is 5.90. The van der Waals surface area contributed by atoms with Gasteiger partial charge in [0.25, 0.3) is 0 Å². The molecule has 4 aromatic heterocycles. The molecule has 2 aliphatic heterocycles. The second kappa shape index (κ2) is 9.12. The lowest BCUT2D eigenvalue weighted by Gasteiger charge is -2.40. The number of piperidine rings is 1. The van der Waals surface area contributed by atoms with Crippen LogP contribution in [0.25, 0.3) is 33.7 Å². The first kappa shape index (κ1) is 21.2. The van der Waals surface area contributed by atoms with Crippen molar-refractivity contribution in [2.75, 3.05) is 44.3 Å². The van der Waals surface area contributed by atoms with Gasteiger partial charge in [-0.3, -0.25) is 20.0 Å². The smallest absolute Gasteiger partial charge is 0.120 e. The van der Waals surface area contributed by atoms with Gasteiger partial charge in [-0.1, -0.05) is 6.07 Å². The Morgan fingerprint density at radius 2 is 1.79 bits per heavy atom. The van der Waals surface area contributed by atoms with Crippen molar-refractivity contribution >= 4 is 16.7 Å². The van der Waals surface area contributed by atoms with Gasteiger partial charge in [-0.05, 0) is 50.1 Å². The van der Waals surface area contributed by atoms with Crippen molar-refractivity contribution in [1.29, 1.82) is 0 Å². The predicted molar refractivity (Wildman–Crippen MR) is 133 cm³/mol. The molecule has 0 amide bonds. The zero-order valence-electron chi connectivity index (χ0n) is 19.4. The second-order valence-corrected chi connectivity index (χ2v) is 9.07. The molecule has 8 nitrogen and oxygen atoms in total. The average molecular weight is 456 g/mol. The van der Waals surface area contributed by atoms with Gasteiger partial charge in [0.05, 0.1) is 35.8 Å². The van der Waals surface area contributed by atoms with Crippen LogP contribution >= 0.6 is 0 Å². The van der Waals surface area contributed by atoms with Crippen LogP contribution < -0.4 is 4.90 Å². The van der Waals surface area contributed by atoms with Gasteiger partial charge >= 0.3 is 0 Å². The van der Waals surface area contributed by atoms with E-state index in [0.29, 0.717) is 6.04 Å². The van der Waals surface area contributed by atoms with E-state index in [4.69, 9.17) is 9.72 Å². The van der Waals surface area contributed by atoms with Gasteiger partial charge in [-0.25, -0.2) is 4.98 Å². The number of hydrogen-bond acceptors (Lipinski definition) is 7. The van der Waals surface area contributed by atoms with Crippen molar-refractivity contribution in [1.82, 2.24) is 30.0 Å². The Balaban J connectivity index is 1.30. The Kier molecular flexibility index (Phi) is 5.68. The molecule has 8 heteroatoms. The second-order valence-electron chi connectivity index (χ2n) is 9.07. The molecule has 0 spiro atoms. The van der Waals surface area contributed by atoms with Crippen molar-refractivity contribution in [2.24, 2.45) is 0 Å². The van der Waals surface area contributed by atoms with Crippen LogP contribution in [0.2, 0.25) is 0 Å². The van der Waals surface area contributed by atoms with E-state index >= 15 is 0 Å². The summed E-state index contributed by atoms with van der Waals surface area (Å²) in [4.78, 5) is 19.4. The van der Waals surface area contributed by atoms with Crippen molar-refractivity contribution in [2.45, 2.75) is 25.8 Å². The number of hydrogen-bond donors (Lipinski definition) is 1. The van der Waals surface area contributed by atoms with E-state index in [-0.39, 0.29) is 0 Å². The van der Waals surface area contributed by atoms with Gasteiger partial charge in [0.15, 0.2) is 0 Å². The lowest BCUT2D eigenvalue weighted by molar-refractivity contribution is 0.0115. The van der Waals surface area contributed by atoms with E-state index in [1.54, 1.807) is 0 Å². The number of aromatic nitrogens is 5. The van der Waals surface area contributed by atoms with Crippen molar-refractivity contribution in [3.63, 3.8) is 0 Å². The minimum Gasteiger partial charge on any atom is -0.379 e. The van der Waals surface area contributed by atoms with Gasteiger partial charge in [0.1, 0.15) is 11.2 Å². The highest BCUT2D eigenvalue weighted by atomic mass is 16.5. The fourth-order valence-corrected chi connectivity index (χ4v) is 5.19. The van der Waals surface area contributed by atoms with Crippen LogP contribution in [0.15, 0.2) is 48.8 Å². The molecular weight excluding hydrogens is 426 g/mol. The molecule has 0 aromatic carbocycles. The minimum absolute atomic E-state index is 0.645. The molecule has 0 saturated carbocycles. The third kappa shape index (κ3) is 4.03. The number of pyridine rings is 3. The summed E-state index contributed by atoms with van der Waals surface area (Å²) in [6.07, 6.45) is 6.12. The number of H-pyrrole nitrogens is 1. The molecule has 0 atom stereocenters. The number of aromatic amines is 1. The molecule has 2 fully saturated rings. The first-order valence-electron chi connectivity index (χ1n) is 12.1. The van der Waals surface area contributed by atoms with Crippen LogP contribution in [0.5, 0.6) is 0 Å². The molecule has 34 heavy (non-hydrogen) atoms. The van der Waals surface area contributed by atoms with E-state index in [2.05, 4.69) is 42.1 Å². The molecule has 6 heterocycles. The maximum Gasteiger partial charge on any atom is 0.120 e. The summed E-state index contributed by atoms with van der Waals surface area (Å²) in [5.74, 6) is 0. The molecule has 2 aliphatic rings. The van der Waals surface area contributed by atoms with Crippen LogP contribution in [0.1, 0.15) is 18.5 Å². The summed E-state index contributed by atoms with van der Waals surface area (Å²) in [5.41, 5.74) is 7.44. The normalized spacial score (nSPS) is 18.0. The summed E-state index contributed by atoms with van der Waals surface area (Å²) in [7, 11) is 0. The third-order valence-corrected chi connectivity index (χ3v) is 6.98. The Labute approximate surface area is 199 Å². The molecule has 2 saturated heterocycles. The summed E-state index contributed by atoms with van der Waals surface area (Å²) < 4.78 is 5.54. The Hall–Kier alpha value is -3.36. The molecule has 4 aromatic rings. The average Bonchev–Trinajstić information content (AvgIpc) is 3.39. The van der Waals surface area contributed by atoms with Crippen LogP contribution in [0.4, 0.5) is 5.69 Å². The summed E-state index contributed by atoms with van der Waals surface area (Å²) in [5, 5.41) is 7.49. The van der Waals surface area contributed by atoms with Crippen molar-refractivity contribution in [3.8, 4) is 22.6 Å². The fraction of sp³-hybridized carbons (Fsp3) is 0.385. The zero-order chi connectivity index (χ0) is 22.9. The van der Waals surface area contributed by atoms with E-state index in [1.807, 2.05) is 43.6 Å². The van der Waals surface area contributed by atoms with Crippen LogP contribution in [-0.4, -0.2) is 75.5 Å². The van der Waals surface area contributed by atoms with Crippen molar-refractivity contribution in [3.05, 3.63) is 54.5 Å². The Morgan fingerprint density at radius 3 is 2.62 bits per heavy atom. The lowest BCUT2D eigenvalue weighted by Crippen LogP contribution is -2.49. The molecule has 0 radical (unpaired) electrons. The Morgan fingerprint density at radius 1 is 0.941 bits per heavy atom. The molecular formula is C26H29N7O. The number of ether oxygens (including phenoxy) is 1. The highest BCUT2D eigenvalue weighted by Crippen LogP contribution is 2.32. The first-order valence-corrected chi connectivity index (χ1v) is 12.1. The standard InChI is InChI=1S/C26H29N7O/c1-18-3-2-4-23(29-18)25-20(17-28-31-25)21-5-6-22-26(30-21)24(7-10-27-22)33-11-8-19(9-12-33)32-13-15-34-16-14-32/h2-7,10,17,19H,8-9,11-16H2,1H3,(H,28,31). The summed E-state index contributed by atoms with van der Waals surface area (Å²) in [6.45, 7) is 7.86. The van der Waals surface area contributed by atoms with Gasteiger partial charge in [-0.15, -0.1) is 0 Å². The zero-order valence-corrected chi connectivity index (χ0v) is 19.4. The quantitative estimate of drug-likeness (QED) is 0.502. The Bertz CT molecular complexity index is 1290. The topological polar surface area (TPSA) is 83.1 Å². The number of fused-ring (bicyclic) bond motifs is 1. The number of nitrogens with zero attached hydrogens (tertiary/aromatic N) is 6. The molecule has 0 bridgehead atoms. The van der Waals surface area contributed by atoms with Gasteiger partial charge in [0.2, 0.25) is 0 Å². The predicted octanol–water partition coefficient (Wildman–Crippen LogP) is 3.69. The molecule has 0 aliphatic carbocycles. The van der Waals surface area contributed by atoms with Crippen LogP contribution in [0, 0.1) is 6.92 Å². The minimum atomic E-state index is 0.645. The highest BCUT2D eigenvalue weighted by Gasteiger charge is 2.27. The largest absolute Gasteiger partial charge is 0.379 e. The van der Waals surface area contributed by atoms with Gasteiger partial charge in [0, 0.05) is 55.9 Å².